The SMILES string of the molecule is Cc1cc(C)c2sc(NC(=O)COc3ccc(Cl)cc3Cl)nc2c1. The molecular weight excluding hydrogens is 367 g/mol. The molecule has 1 amide bonds. The summed E-state index contributed by atoms with van der Waals surface area (Å²) in [4.78, 5) is 16.5. The molecule has 0 aliphatic heterocycles. The number of benzene rings is 2. The second kappa shape index (κ2) is 6.97. The highest BCUT2D eigenvalue weighted by molar-refractivity contribution is 7.22. The summed E-state index contributed by atoms with van der Waals surface area (Å²) in [6, 6.07) is 8.94. The number of carbonyl (C=O) groups is 1. The fraction of sp³-hybridized carbons (Fsp3) is 0.176. The van der Waals surface area contributed by atoms with Gasteiger partial charge in [0.2, 0.25) is 0 Å². The summed E-state index contributed by atoms with van der Waals surface area (Å²) in [7, 11) is 0. The van der Waals surface area contributed by atoms with E-state index in [1.165, 1.54) is 11.3 Å². The van der Waals surface area contributed by atoms with Gasteiger partial charge in [-0.25, -0.2) is 4.98 Å². The van der Waals surface area contributed by atoms with Crippen LogP contribution in [0.1, 0.15) is 11.1 Å². The third-order valence-electron chi connectivity index (χ3n) is 3.32. The number of aromatic nitrogens is 1. The van der Waals surface area contributed by atoms with Crippen molar-refractivity contribution in [2.45, 2.75) is 13.8 Å². The molecule has 124 valence electrons. The van der Waals surface area contributed by atoms with Gasteiger partial charge in [0.25, 0.3) is 5.91 Å². The Morgan fingerprint density at radius 2 is 2.04 bits per heavy atom. The van der Waals surface area contributed by atoms with Crippen molar-refractivity contribution in [3.8, 4) is 5.75 Å². The normalized spacial score (nSPS) is 10.8. The lowest BCUT2D eigenvalue weighted by Gasteiger charge is -2.07. The van der Waals surface area contributed by atoms with Crippen LogP contribution in [0.3, 0.4) is 0 Å². The molecule has 0 atom stereocenters. The molecule has 0 fully saturated rings. The summed E-state index contributed by atoms with van der Waals surface area (Å²) < 4.78 is 6.48. The summed E-state index contributed by atoms with van der Waals surface area (Å²) >= 11 is 13.3. The molecule has 0 saturated heterocycles. The van der Waals surface area contributed by atoms with Gasteiger partial charge in [-0.05, 0) is 49.2 Å². The topological polar surface area (TPSA) is 51.2 Å². The van der Waals surface area contributed by atoms with E-state index >= 15 is 0 Å². The predicted molar refractivity (Wildman–Crippen MR) is 99.7 cm³/mol. The van der Waals surface area contributed by atoms with E-state index in [-0.39, 0.29) is 12.5 Å². The molecule has 0 spiro atoms. The number of rotatable bonds is 4. The maximum atomic E-state index is 12.1. The average molecular weight is 381 g/mol. The monoisotopic (exact) mass is 380 g/mol. The zero-order chi connectivity index (χ0) is 17.3. The van der Waals surface area contributed by atoms with Crippen LogP contribution in [-0.2, 0) is 4.79 Å². The lowest BCUT2D eigenvalue weighted by Crippen LogP contribution is -2.20. The molecule has 1 N–H and O–H groups in total. The number of aryl methyl sites for hydroxylation is 2. The van der Waals surface area contributed by atoms with Gasteiger partial charge in [-0.2, -0.15) is 0 Å². The summed E-state index contributed by atoms with van der Waals surface area (Å²) in [5.41, 5.74) is 3.17. The Balaban J connectivity index is 1.67. The van der Waals surface area contributed by atoms with Crippen LogP contribution in [0.15, 0.2) is 30.3 Å². The molecular formula is C17H14Cl2N2O2S. The van der Waals surface area contributed by atoms with Crippen LogP contribution in [0, 0.1) is 13.8 Å². The summed E-state index contributed by atoms with van der Waals surface area (Å²) in [6.45, 7) is 3.90. The number of anilines is 1. The van der Waals surface area contributed by atoms with E-state index in [9.17, 15) is 4.79 Å². The minimum absolute atomic E-state index is 0.157. The van der Waals surface area contributed by atoms with Gasteiger partial charge in [0, 0.05) is 5.02 Å². The first-order valence-corrected chi connectivity index (χ1v) is 8.75. The van der Waals surface area contributed by atoms with Crippen LogP contribution in [0.2, 0.25) is 10.0 Å². The van der Waals surface area contributed by atoms with Crippen molar-refractivity contribution in [2.24, 2.45) is 0 Å². The highest BCUT2D eigenvalue weighted by atomic mass is 35.5. The molecule has 0 saturated carbocycles. The maximum absolute atomic E-state index is 12.1. The largest absolute Gasteiger partial charge is 0.482 e. The van der Waals surface area contributed by atoms with Gasteiger partial charge in [-0.3, -0.25) is 10.1 Å². The van der Waals surface area contributed by atoms with E-state index < -0.39 is 0 Å². The van der Waals surface area contributed by atoms with Crippen molar-refractivity contribution >= 4 is 55.8 Å². The summed E-state index contributed by atoms with van der Waals surface area (Å²) in [5.74, 6) is 0.112. The fourth-order valence-electron chi connectivity index (χ4n) is 2.32. The number of hydrogen-bond donors (Lipinski definition) is 1. The van der Waals surface area contributed by atoms with Crippen LogP contribution in [0.5, 0.6) is 5.75 Å². The van der Waals surface area contributed by atoms with Gasteiger partial charge in [0.15, 0.2) is 11.7 Å². The van der Waals surface area contributed by atoms with E-state index in [0.717, 1.165) is 21.3 Å². The van der Waals surface area contributed by atoms with Gasteiger partial charge < -0.3 is 4.74 Å². The molecule has 0 aliphatic rings. The van der Waals surface area contributed by atoms with Crippen molar-refractivity contribution < 1.29 is 9.53 Å². The Morgan fingerprint density at radius 3 is 2.79 bits per heavy atom. The van der Waals surface area contributed by atoms with Gasteiger partial charge in [0.05, 0.1) is 15.2 Å². The number of ether oxygens (including phenoxy) is 1. The zero-order valence-electron chi connectivity index (χ0n) is 13.0. The first-order valence-electron chi connectivity index (χ1n) is 7.18. The molecule has 0 bridgehead atoms. The molecule has 0 aliphatic carbocycles. The van der Waals surface area contributed by atoms with Crippen LogP contribution in [0.25, 0.3) is 10.2 Å². The molecule has 7 heteroatoms. The van der Waals surface area contributed by atoms with Crippen LogP contribution < -0.4 is 10.1 Å². The summed E-state index contributed by atoms with van der Waals surface area (Å²) in [5, 5.41) is 4.18. The molecule has 1 aromatic heterocycles. The number of hydrogen-bond acceptors (Lipinski definition) is 4. The number of nitrogens with one attached hydrogen (secondary N) is 1. The number of nitrogens with zero attached hydrogens (tertiary/aromatic N) is 1. The molecule has 2 aromatic carbocycles. The third-order valence-corrected chi connectivity index (χ3v) is 4.97. The smallest absolute Gasteiger partial charge is 0.264 e. The standard InChI is InChI=1S/C17H14Cl2N2O2S/c1-9-5-10(2)16-13(6-9)20-17(24-16)21-15(22)8-23-14-4-3-11(18)7-12(14)19/h3-7H,8H2,1-2H3,(H,20,21,22). The van der Waals surface area contributed by atoms with E-state index in [1.807, 2.05) is 19.9 Å². The lowest BCUT2D eigenvalue weighted by atomic mass is 10.1. The quantitative estimate of drug-likeness (QED) is 0.673. The lowest BCUT2D eigenvalue weighted by molar-refractivity contribution is -0.118. The first kappa shape index (κ1) is 17.0. The number of carbonyl (C=O) groups excluding carboxylic acids is 1. The predicted octanol–water partition coefficient (Wildman–Crippen LogP) is 5.24. The van der Waals surface area contributed by atoms with E-state index in [0.29, 0.717) is 20.9 Å². The molecule has 24 heavy (non-hydrogen) atoms. The minimum Gasteiger partial charge on any atom is -0.482 e. The fourth-order valence-corrected chi connectivity index (χ4v) is 3.72. The molecule has 0 radical (unpaired) electrons. The number of amides is 1. The zero-order valence-corrected chi connectivity index (χ0v) is 15.4. The Hall–Kier alpha value is -1.82. The molecule has 3 rings (SSSR count). The second-order valence-corrected chi connectivity index (χ2v) is 7.20. The molecule has 0 unspecified atom stereocenters. The summed E-state index contributed by atoms with van der Waals surface area (Å²) in [6.07, 6.45) is 0. The van der Waals surface area contributed by atoms with Gasteiger partial charge in [-0.1, -0.05) is 40.6 Å². The van der Waals surface area contributed by atoms with Crippen molar-refractivity contribution in [2.75, 3.05) is 11.9 Å². The Morgan fingerprint density at radius 1 is 1.25 bits per heavy atom. The Bertz CT molecular complexity index is 924. The first-order chi connectivity index (χ1) is 11.4. The van der Waals surface area contributed by atoms with Crippen molar-refractivity contribution in [1.82, 2.24) is 4.98 Å². The second-order valence-electron chi connectivity index (χ2n) is 5.36. The third kappa shape index (κ3) is 3.80. The Labute approximate surface area is 153 Å². The van der Waals surface area contributed by atoms with Crippen LogP contribution in [-0.4, -0.2) is 17.5 Å². The van der Waals surface area contributed by atoms with Crippen LogP contribution in [0.4, 0.5) is 5.13 Å². The molecule has 1 heterocycles. The van der Waals surface area contributed by atoms with E-state index in [4.69, 9.17) is 27.9 Å². The molecule has 3 aromatic rings. The van der Waals surface area contributed by atoms with Gasteiger partial charge in [-0.15, -0.1) is 0 Å². The maximum Gasteiger partial charge on any atom is 0.264 e. The minimum atomic E-state index is -0.297. The van der Waals surface area contributed by atoms with Crippen molar-refractivity contribution in [1.29, 1.82) is 0 Å². The highest BCUT2D eigenvalue weighted by Crippen LogP contribution is 2.30. The molecule has 4 nitrogen and oxygen atoms in total. The Kier molecular flexibility index (Phi) is 4.94. The van der Waals surface area contributed by atoms with Crippen molar-refractivity contribution in [3.63, 3.8) is 0 Å². The number of halogens is 2. The number of fused-ring (bicyclic) bond motifs is 1. The highest BCUT2D eigenvalue weighted by Gasteiger charge is 2.11. The van der Waals surface area contributed by atoms with Gasteiger partial charge >= 0.3 is 0 Å². The van der Waals surface area contributed by atoms with E-state index in [1.54, 1.807) is 18.2 Å². The average Bonchev–Trinajstić information content (AvgIpc) is 2.89. The number of thiazole rings is 1. The van der Waals surface area contributed by atoms with E-state index in [2.05, 4.69) is 16.4 Å². The van der Waals surface area contributed by atoms with Crippen LogP contribution >= 0.6 is 34.5 Å². The van der Waals surface area contributed by atoms with Gasteiger partial charge in [0.1, 0.15) is 5.75 Å². The van der Waals surface area contributed by atoms with Crippen molar-refractivity contribution in [3.05, 3.63) is 51.5 Å².